The molecule has 0 aromatic rings. The first-order valence-corrected chi connectivity index (χ1v) is 28.7. The molecule has 0 aromatic heterocycles. The topological polar surface area (TPSA) is 134 Å². The van der Waals surface area contributed by atoms with Gasteiger partial charge >= 0.3 is 19.8 Å². The molecule has 63 heavy (non-hydrogen) atoms. The van der Waals surface area contributed by atoms with Crippen LogP contribution in [0.25, 0.3) is 0 Å². The van der Waals surface area contributed by atoms with Crippen molar-refractivity contribution in [2.75, 3.05) is 26.4 Å². The Bertz CT molecular complexity index is 1040. The SMILES string of the molecule is CCCCCC/C=C\CCCCCCCC(=O)OC(COC(=O)CCCCCCCCCCCCCCCCCCCCCCCCCCCCCCC)COP(=O)(O)OCCN. The van der Waals surface area contributed by atoms with E-state index in [1.54, 1.807) is 0 Å². The number of esters is 2. The number of carbonyl (C=O) groups excluding carboxylic acids is 2. The Balaban J connectivity index is 3.84. The van der Waals surface area contributed by atoms with Gasteiger partial charge in [-0.2, -0.15) is 0 Å². The van der Waals surface area contributed by atoms with Crippen LogP contribution in [-0.4, -0.2) is 49.3 Å². The Hall–Kier alpha value is -1.25. The first kappa shape index (κ1) is 61.8. The Kier molecular flexibility index (Phi) is 49.2. The van der Waals surface area contributed by atoms with E-state index in [0.717, 1.165) is 51.4 Å². The minimum Gasteiger partial charge on any atom is -0.462 e. The summed E-state index contributed by atoms with van der Waals surface area (Å²) in [5.74, 6) is -0.823. The van der Waals surface area contributed by atoms with Gasteiger partial charge in [0, 0.05) is 19.4 Å². The lowest BCUT2D eigenvalue weighted by Gasteiger charge is -2.19. The molecule has 374 valence electrons. The number of ether oxygens (including phenoxy) is 2. The number of phosphoric acid groups is 1. The Morgan fingerprint density at radius 2 is 0.778 bits per heavy atom. The smallest absolute Gasteiger partial charge is 0.462 e. The third-order valence-corrected chi connectivity index (χ3v) is 13.1. The average molecular weight is 914 g/mol. The van der Waals surface area contributed by atoms with Crippen LogP contribution in [0.1, 0.15) is 284 Å². The van der Waals surface area contributed by atoms with Gasteiger partial charge in [0.1, 0.15) is 6.61 Å². The normalized spacial score (nSPS) is 13.1. The molecule has 0 radical (unpaired) electrons. The minimum atomic E-state index is -4.38. The van der Waals surface area contributed by atoms with E-state index in [1.807, 2.05) is 0 Å². The summed E-state index contributed by atoms with van der Waals surface area (Å²) in [6.07, 6.45) is 55.7. The molecule has 10 heteroatoms. The van der Waals surface area contributed by atoms with Crippen LogP contribution in [0.5, 0.6) is 0 Å². The standard InChI is InChI=1S/C53H104NO8P/c1-3-5-7-9-11-13-15-17-18-19-20-21-22-23-24-25-26-27-28-29-30-31-32-34-35-37-39-41-43-45-52(55)59-49-51(50-61-63(57,58)60-48-47-54)62-53(56)46-44-42-40-38-36-33-16-14-12-10-8-6-4-2/h14,16,51H,3-13,15,17-50,54H2,1-2H3,(H,57,58)/b16-14-. The highest BCUT2D eigenvalue weighted by Gasteiger charge is 2.26. The predicted molar refractivity (Wildman–Crippen MR) is 266 cm³/mol. The molecule has 0 saturated carbocycles. The van der Waals surface area contributed by atoms with Crippen LogP contribution in [0.4, 0.5) is 0 Å². The number of hydrogen-bond donors (Lipinski definition) is 2. The van der Waals surface area contributed by atoms with Gasteiger partial charge in [-0.15, -0.1) is 0 Å². The summed E-state index contributed by atoms with van der Waals surface area (Å²) in [5, 5.41) is 0. The molecule has 0 heterocycles. The monoisotopic (exact) mass is 914 g/mol. The second kappa shape index (κ2) is 50.2. The highest BCUT2D eigenvalue weighted by atomic mass is 31.2. The zero-order chi connectivity index (χ0) is 46.0. The summed E-state index contributed by atoms with van der Waals surface area (Å²) < 4.78 is 32.9. The van der Waals surface area contributed by atoms with E-state index in [0.29, 0.717) is 6.42 Å². The van der Waals surface area contributed by atoms with Gasteiger partial charge in [-0.05, 0) is 38.5 Å². The summed E-state index contributed by atoms with van der Waals surface area (Å²) in [4.78, 5) is 35.0. The first-order chi connectivity index (χ1) is 30.8. The zero-order valence-corrected chi connectivity index (χ0v) is 42.5. The van der Waals surface area contributed by atoms with Gasteiger partial charge in [0.25, 0.3) is 0 Å². The first-order valence-electron chi connectivity index (χ1n) is 27.2. The maximum Gasteiger partial charge on any atom is 0.472 e. The number of unbranched alkanes of at least 4 members (excludes halogenated alkanes) is 37. The summed E-state index contributed by atoms with van der Waals surface area (Å²) in [7, 11) is -4.38. The van der Waals surface area contributed by atoms with Gasteiger partial charge in [-0.25, -0.2) is 4.57 Å². The van der Waals surface area contributed by atoms with Crippen molar-refractivity contribution in [3.05, 3.63) is 12.2 Å². The minimum absolute atomic E-state index is 0.0550. The van der Waals surface area contributed by atoms with Gasteiger partial charge < -0.3 is 20.1 Å². The van der Waals surface area contributed by atoms with Crippen LogP contribution in [-0.2, 0) is 32.7 Å². The highest BCUT2D eigenvalue weighted by Crippen LogP contribution is 2.43. The Morgan fingerprint density at radius 1 is 0.460 bits per heavy atom. The molecule has 0 amide bonds. The molecule has 2 unspecified atom stereocenters. The Labute approximate surface area is 389 Å². The summed E-state index contributed by atoms with van der Waals surface area (Å²) >= 11 is 0. The molecule has 0 aliphatic heterocycles. The van der Waals surface area contributed by atoms with E-state index in [4.69, 9.17) is 24.3 Å². The van der Waals surface area contributed by atoms with Crippen molar-refractivity contribution in [1.29, 1.82) is 0 Å². The Morgan fingerprint density at radius 3 is 1.14 bits per heavy atom. The number of carbonyl (C=O) groups is 2. The number of phosphoric ester groups is 1. The van der Waals surface area contributed by atoms with Crippen LogP contribution in [0.2, 0.25) is 0 Å². The van der Waals surface area contributed by atoms with Crippen molar-refractivity contribution in [3.63, 3.8) is 0 Å². The van der Waals surface area contributed by atoms with E-state index in [-0.39, 0.29) is 38.6 Å². The van der Waals surface area contributed by atoms with E-state index in [1.165, 1.54) is 199 Å². The van der Waals surface area contributed by atoms with Crippen molar-refractivity contribution in [1.82, 2.24) is 0 Å². The average Bonchev–Trinajstić information content (AvgIpc) is 3.27. The lowest BCUT2D eigenvalue weighted by atomic mass is 10.0. The highest BCUT2D eigenvalue weighted by molar-refractivity contribution is 7.47. The van der Waals surface area contributed by atoms with Gasteiger partial charge in [-0.3, -0.25) is 18.6 Å². The fraction of sp³-hybridized carbons (Fsp3) is 0.925. The molecule has 0 aliphatic carbocycles. The second-order valence-electron chi connectivity index (χ2n) is 18.5. The van der Waals surface area contributed by atoms with Crippen LogP contribution in [0.15, 0.2) is 12.2 Å². The number of nitrogens with two attached hydrogens (primary N) is 1. The van der Waals surface area contributed by atoms with Crippen molar-refractivity contribution >= 4 is 19.8 Å². The fourth-order valence-electron chi connectivity index (χ4n) is 8.10. The van der Waals surface area contributed by atoms with Gasteiger partial charge in [0.05, 0.1) is 13.2 Å². The zero-order valence-electron chi connectivity index (χ0n) is 41.6. The molecule has 0 spiro atoms. The third-order valence-electron chi connectivity index (χ3n) is 12.2. The molecule has 0 rings (SSSR count). The molecule has 0 aromatic carbocycles. The largest absolute Gasteiger partial charge is 0.472 e. The van der Waals surface area contributed by atoms with Crippen LogP contribution >= 0.6 is 7.82 Å². The van der Waals surface area contributed by atoms with E-state index < -0.39 is 26.5 Å². The summed E-state index contributed by atoms with van der Waals surface area (Å²) in [6, 6.07) is 0. The molecule has 0 bridgehead atoms. The molecule has 0 fully saturated rings. The second-order valence-corrected chi connectivity index (χ2v) is 19.9. The fourth-order valence-corrected chi connectivity index (χ4v) is 8.87. The number of allylic oxidation sites excluding steroid dienone is 2. The van der Waals surface area contributed by atoms with Gasteiger partial charge in [0.2, 0.25) is 0 Å². The van der Waals surface area contributed by atoms with E-state index in [2.05, 4.69) is 26.0 Å². The lowest BCUT2D eigenvalue weighted by molar-refractivity contribution is -0.161. The number of hydrogen-bond acceptors (Lipinski definition) is 8. The van der Waals surface area contributed by atoms with Crippen molar-refractivity contribution in [2.45, 2.75) is 290 Å². The van der Waals surface area contributed by atoms with Crippen molar-refractivity contribution in [3.8, 4) is 0 Å². The number of rotatable bonds is 52. The molecule has 3 N–H and O–H groups in total. The third kappa shape index (κ3) is 50.0. The van der Waals surface area contributed by atoms with Crippen LogP contribution in [0, 0.1) is 0 Å². The molecular weight excluding hydrogens is 810 g/mol. The maximum atomic E-state index is 12.6. The molecular formula is C53H104NO8P. The quantitative estimate of drug-likeness (QED) is 0.0265. The van der Waals surface area contributed by atoms with Gasteiger partial charge in [-0.1, -0.05) is 244 Å². The molecule has 0 saturated heterocycles. The van der Waals surface area contributed by atoms with Crippen molar-refractivity contribution in [2.24, 2.45) is 5.73 Å². The van der Waals surface area contributed by atoms with Gasteiger partial charge in [0.15, 0.2) is 6.10 Å². The summed E-state index contributed by atoms with van der Waals surface area (Å²) in [5.41, 5.74) is 5.36. The van der Waals surface area contributed by atoms with E-state index in [9.17, 15) is 19.0 Å². The predicted octanol–water partition coefficient (Wildman–Crippen LogP) is 16.5. The maximum absolute atomic E-state index is 12.6. The van der Waals surface area contributed by atoms with Crippen molar-refractivity contribution < 1.29 is 37.6 Å². The molecule has 2 atom stereocenters. The molecule has 9 nitrogen and oxygen atoms in total. The van der Waals surface area contributed by atoms with Crippen LogP contribution in [0.3, 0.4) is 0 Å². The molecule has 0 aliphatic rings. The lowest BCUT2D eigenvalue weighted by Crippen LogP contribution is -2.29. The van der Waals surface area contributed by atoms with Crippen LogP contribution < -0.4 is 5.73 Å². The van der Waals surface area contributed by atoms with E-state index >= 15 is 0 Å². The summed E-state index contributed by atoms with van der Waals surface area (Å²) in [6.45, 7) is 3.76.